The van der Waals surface area contributed by atoms with E-state index in [0.29, 0.717) is 5.75 Å². The van der Waals surface area contributed by atoms with Crippen molar-refractivity contribution >= 4 is 0 Å². The van der Waals surface area contributed by atoms with Crippen molar-refractivity contribution in [2.75, 3.05) is 6.54 Å². The molecule has 11 heavy (non-hydrogen) atoms. The average molecular weight is 155 g/mol. The second-order valence-electron chi connectivity index (χ2n) is 2.08. The maximum atomic E-state index is 12.5. The molecule has 1 unspecified atom stereocenters. The van der Waals surface area contributed by atoms with Crippen LogP contribution in [0.15, 0.2) is 30.3 Å². The standard InChI is InChI=1S/C8H10FNO/c9-8(6-10)11-7-4-2-1-3-5-7/h1-5,8H,6,10H2. The second kappa shape index (κ2) is 3.93. The Morgan fingerprint density at radius 2 is 2.00 bits per heavy atom. The Morgan fingerprint density at radius 3 is 2.55 bits per heavy atom. The molecule has 1 aromatic carbocycles. The first-order valence-corrected chi connectivity index (χ1v) is 3.39. The third-order valence-corrected chi connectivity index (χ3v) is 1.19. The molecule has 1 aromatic rings. The summed E-state index contributed by atoms with van der Waals surface area (Å²) in [4.78, 5) is 0. The summed E-state index contributed by atoms with van der Waals surface area (Å²) in [5, 5.41) is 0. The van der Waals surface area contributed by atoms with Crippen LogP contribution in [0.4, 0.5) is 4.39 Å². The second-order valence-corrected chi connectivity index (χ2v) is 2.08. The van der Waals surface area contributed by atoms with Gasteiger partial charge in [0.1, 0.15) is 5.75 Å². The number of halogens is 1. The summed E-state index contributed by atoms with van der Waals surface area (Å²) >= 11 is 0. The molecule has 0 radical (unpaired) electrons. The van der Waals surface area contributed by atoms with Gasteiger partial charge >= 0.3 is 0 Å². The summed E-state index contributed by atoms with van der Waals surface area (Å²) < 4.78 is 17.2. The minimum atomic E-state index is -1.41. The molecule has 0 aliphatic carbocycles. The number of para-hydroxylation sites is 1. The number of alkyl halides is 1. The summed E-state index contributed by atoms with van der Waals surface area (Å²) in [7, 11) is 0. The zero-order valence-electron chi connectivity index (χ0n) is 6.03. The van der Waals surface area contributed by atoms with Crippen molar-refractivity contribution < 1.29 is 9.13 Å². The molecule has 2 N–H and O–H groups in total. The SMILES string of the molecule is NCC(F)Oc1ccccc1. The lowest BCUT2D eigenvalue weighted by atomic mass is 10.3. The molecule has 0 saturated carbocycles. The molecule has 0 aliphatic heterocycles. The Bertz CT molecular complexity index is 203. The van der Waals surface area contributed by atoms with Gasteiger partial charge in [0.2, 0.25) is 0 Å². The van der Waals surface area contributed by atoms with E-state index in [0.717, 1.165) is 0 Å². The minimum absolute atomic E-state index is 0.116. The summed E-state index contributed by atoms with van der Waals surface area (Å²) in [5.41, 5.74) is 5.02. The molecule has 0 fully saturated rings. The van der Waals surface area contributed by atoms with Gasteiger partial charge in [0.25, 0.3) is 6.36 Å². The molecule has 0 aliphatic rings. The number of hydrogen-bond acceptors (Lipinski definition) is 2. The zero-order valence-corrected chi connectivity index (χ0v) is 6.03. The van der Waals surface area contributed by atoms with Gasteiger partial charge in [-0.3, -0.25) is 0 Å². The Hall–Kier alpha value is -1.09. The summed E-state index contributed by atoms with van der Waals surface area (Å²) in [6.07, 6.45) is -1.41. The van der Waals surface area contributed by atoms with Gasteiger partial charge in [-0.15, -0.1) is 0 Å². The predicted molar refractivity (Wildman–Crippen MR) is 41.0 cm³/mol. The molecule has 2 nitrogen and oxygen atoms in total. The predicted octanol–water partition coefficient (Wildman–Crippen LogP) is 1.32. The van der Waals surface area contributed by atoms with Crippen LogP contribution in [0.2, 0.25) is 0 Å². The number of hydrogen-bond donors (Lipinski definition) is 1. The first kappa shape index (κ1) is 8.01. The third-order valence-electron chi connectivity index (χ3n) is 1.19. The van der Waals surface area contributed by atoms with Gasteiger partial charge in [0.05, 0.1) is 6.54 Å². The molecule has 0 aromatic heterocycles. The van der Waals surface area contributed by atoms with Crippen LogP contribution in [0.25, 0.3) is 0 Å². The van der Waals surface area contributed by atoms with Gasteiger partial charge in [-0.1, -0.05) is 18.2 Å². The van der Waals surface area contributed by atoms with E-state index in [4.69, 9.17) is 10.5 Å². The van der Waals surface area contributed by atoms with E-state index in [1.807, 2.05) is 6.07 Å². The van der Waals surface area contributed by atoms with E-state index >= 15 is 0 Å². The van der Waals surface area contributed by atoms with Crippen molar-refractivity contribution in [3.05, 3.63) is 30.3 Å². The Labute approximate surface area is 64.8 Å². The van der Waals surface area contributed by atoms with E-state index in [2.05, 4.69) is 0 Å². The lowest BCUT2D eigenvalue weighted by molar-refractivity contribution is 0.0759. The zero-order chi connectivity index (χ0) is 8.10. The largest absolute Gasteiger partial charge is 0.459 e. The summed E-state index contributed by atoms with van der Waals surface area (Å²) in [6, 6.07) is 8.75. The van der Waals surface area contributed by atoms with Crippen LogP contribution in [-0.4, -0.2) is 12.9 Å². The van der Waals surface area contributed by atoms with E-state index in [1.165, 1.54) is 0 Å². The van der Waals surface area contributed by atoms with E-state index < -0.39 is 6.36 Å². The number of rotatable bonds is 3. The van der Waals surface area contributed by atoms with E-state index in [-0.39, 0.29) is 6.54 Å². The molecule has 3 heteroatoms. The van der Waals surface area contributed by atoms with Crippen LogP contribution in [0, 0.1) is 0 Å². The van der Waals surface area contributed by atoms with Crippen LogP contribution in [0.3, 0.4) is 0 Å². The normalized spacial score (nSPS) is 12.5. The molecule has 1 atom stereocenters. The molecule has 60 valence electrons. The van der Waals surface area contributed by atoms with Crippen molar-refractivity contribution in [2.24, 2.45) is 5.73 Å². The molecule has 0 amide bonds. The minimum Gasteiger partial charge on any atom is -0.459 e. The van der Waals surface area contributed by atoms with Crippen molar-refractivity contribution in [2.45, 2.75) is 6.36 Å². The molecule has 0 saturated heterocycles. The molecule has 0 bridgehead atoms. The fourth-order valence-corrected chi connectivity index (χ4v) is 0.695. The Balaban J connectivity index is 2.51. The van der Waals surface area contributed by atoms with Crippen molar-refractivity contribution in [1.82, 2.24) is 0 Å². The lowest BCUT2D eigenvalue weighted by Gasteiger charge is -2.07. The van der Waals surface area contributed by atoms with Crippen LogP contribution < -0.4 is 10.5 Å². The first-order valence-electron chi connectivity index (χ1n) is 3.39. The highest BCUT2D eigenvalue weighted by Crippen LogP contribution is 2.10. The number of benzene rings is 1. The van der Waals surface area contributed by atoms with Crippen molar-refractivity contribution in [3.63, 3.8) is 0 Å². The summed E-state index contributed by atoms with van der Waals surface area (Å²) in [5.74, 6) is 0.505. The van der Waals surface area contributed by atoms with Gasteiger partial charge in [-0.25, -0.2) is 4.39 Å². The molecular formula is C8H10FNO. The number of ether oxygens (including phenoxy) is 1. The van der Waals surface area contributed by atoms with Crippen LogP contribution in [0.1, 0.15) is 0 Å². The van der Waals surface area contributed by atoms with Crippen LogP contribution in [0.5, 0.6) is 5.75 Å². The van der Waals surface area contributed by atoms with Gasteiger partial charge in [0.15, 0.2) is 0 Å². The fourth-order valence-electron chi connectivity index (χ4n) is 0.695. The highest BCUT2D eigenvalue weighted by atomic mass is 19.1. The highest BCUT2D eigenvalue weighted by molar-refractivity contribution is 5.20. The van der Waals surface area contributed by atoms with Gasteiger partial charge in [-0.05, 0) is 12.1 Å². The Kier molecular flexibility index (Phi) is 2.86. The smallest absolute Gasteiger partial charge is 0.250 e. The highest BCUT2D eigenvalue weighted by Gasteiger charge is 2.02. The van der Waals surface area contributed by atoms with Gasteiger partial charge in [-0.2, -0.15) is 0 Å². The van der Waals surface area contributed by atoms with Crippen molar-refractivity contribution in [3.8, 4) is 5.75 Å². The maximum absolute atomic E-state index is 12.5. The number of nitrogens with two attached hydrogens (primary N) is 1. The maximum Gasteiger partial charge on any atom is 0.250 e. The molecular weight excluding hydrogens is 145 g/mol. The molecule has 0 spiro atoms. The quantitative estimate of drug-likeness (QED) is 0.714. The van der Waals surface area contributed by atoms with Crippen LogP contribution >= 0.6 is 0 Å². The van der Waals surface area contributed by atoms with E-state index in [9.17, 15) is 4.39 Å². The van der Waals surface area contributed by atoms with E-state index in [1.54, 1.807) is 24.3 Å². The fraction of sp³-hybridized carbons (Fsp3) is 0.250. The lowest BCUT2D eigenvalue weighted by Crippen LogP contribution is -2.21. The van der Waals surface area contributed by atoms with Crippen LogP contribution in [-0.2, 0) is 0 Å². The topological polar surface area (TPSA) is 35.2 Å². The van der Waals surface area contributed by atoms with Crippen molar-refractivity contribution in [1.29, 1.82) is 0 Å². The summed E-state index contributed by atoms with van der Waals surface area (Å²) in [6.45, 7) is -0.116. The monoisotopic (exact) mass is 155 g/mol. The Morgan fingerprint density at radius 1 is 1.36 bits per heavy atom. The first-order chi connectivity index (χ1) is 5.33. The average Bonchev–Trinajstić information content (AvgIpc) is 2.06. The van der Waals surface area contributed by atoms with Gasteiger partial charge in [0, 0.05) is 0 Å². The van der Waals surface area contributed by atoms with Gasteiger partial charge < -0.3 is 10.5 Å². The molecule has 1 rings (SSSR count). The molecule has 0 heterocycles. The third kappa shape index (κ3) is 2.55.